The van der Waals surface area contributed by atoms with Gasteiger partial charge in [0.25, 0.3) is 0 Å². The Morgan fingerprint density at radius 2 is 2.47 bits per heavy atom. The third kappa shape index (κ3) is 5.54. The van der Waals surface area contributed by atoms with Crippen LogP contribution in [0.3, 0.4) is 0 Å². The summed E-state index contributed by atoms with van der Waals surface area (Å²) in [6, 6.07) is 4.41. The lowest BCUT2D eigenvalue weighted by Gasteiger charge is -2.10. The monoisotopic (exact) mass is 226 g/mol. The van der Waals surface area contributed by atoms with Crippen molar-refractivity contribution < 1.29 is 4.79 Å². The van der Waals surface area contributed by atoms with Crippen LogP contribution in [0.2, 0.25) is 0 Å². The van der Waals surface area contributed by atoms with Crippen molar-refractivity contribution in [3.05, 3.63) is 22.4 Å². The molecule has 1 unspecified atom stereocenters. The molecule has 1 aromatic heterocycles. The van der Waals surface area contributed by atoms with Gasteiger partial charge in [0.2, 0.25) is 5.91 Å². The second kappa shape index (κ2) is 6.58. The van der Waals surface area contributed by atoms with Gasteiger partial charge in [-0.3, -0.25) is 4.79 Å². The quantitative estimate of drug-likeness (QED) is 0.693. The molecular formula is C11H18N2OS. The Labute approximate surface area is 94.7 Å². The number of rotatable bonds is 7. The zero-order valence-corrected chi connectivity index (χ0v) is 9.85. The molecule has 3 N–H and O–H groups in total. The maximum Gasteiger partial charge on any atom is 0.218 e. The highest BCUT2D eigenvalue weighted by Crippen LogP contribution is 2.10. The van der Waals surface area contributed by atoms with Crippen molar-refractivity contribution in [2.45, 2.75) is 32.2 Å². The number of nitrogens with one attached hydrogen (secondary N) is 1. The summed E-state index contributed by atoms with van der Waals surface area (Å²) >= 11 is 1.79. The lowest BCUT2D eigenvalue weighted by molar-refractivity contribution is -0.118. The summed E-state index contributed by atoms with van der Waals surface area (Å²) in [6.45, 7) is 2.92. The summed E-state index contributed by atoms with van der Waals surface area (Å²) in [5, 5.41) is 5.38. The topological polar surface area (TPSA) is 55.1 Å². The molecule has 1 heterocycles. The Bertz CT molecular complexity index is 285. The molecule has 0 aliphatic carbocycles. The smallest absolute Gasteiger partial charge is 0.218 e. The summed E-state index contributed by atoms with van der Waals surface area (Å²) in [7, 11) is 0. The van der Waals surface area contributed by atoms with Crippen molar-refractivity contribution in [3.8, 4) is 0 Å². The van der Waals surface area contributed by atoms with Crippen LogP contribution in [0, 0.1) is 0 Å². The minimum atomic E-state index is -0.242. The van der Waals surface area contributed by atoms with Gasteiger partial charge in [-0.05, 0) is 37.8 Å². The van der Waals surface area contributed by atoms with E-state index in [1.807, 2.05) is 6.92 Å². The number of hydrogen-bond donors (Lipinski definition) is 2. The average molecular weight is 226 g/mol. The molecule has 1 amide bonds. The predicted molar refractivity (Wildman–Crippen MR) is 63.9 cm³/mol. The lowest BCUT2D eigenvalue weighted by Crippen LogP contribution is -2.31. The fourth-order valence-corrected chi connectivity index (χ4v) is 2.19. The molecule has 0 aromatic carbocycles. The second-order valence-electron chi connectivity index (χ2n) is 3.71. The number of nitrogens with two attached hydrogens (primary N) is 1. The van der Waals surface area contributed by atoms with Crippen LogP contribution in [0.1, 0.15) is 24.6 Å². The summed E-state index contributed by atoms with van der Waals surface area (Å²) < 4.78 is 0. The van der Waals surface area contributed by atoms with Crippen LogP contribution in [0.4, 0.5) is 0 Å². The SMILES string of the molecule is CC(CC(N)=O)NCCCc1cccs1. The van der Waals surface area contributed by atoms with Crippen molar-refractivity contribution in [1.29, 1.82) is 0 Å². The van der Waals surface area contributed by atoms with Gasteiger partial charge >= 0.3 is 0 Å². The van der Waals surface area contributed by atoms with E-state index in [4.69, 9.17) is 5.73 Å². The number of thiophene rings is 1. The number of carbonyl (C=O) groups excluding carboxylic acids is 1. The average Bonchev–Trinajstić information content (AvgIpc) is 2.63. The Balaban J connectivity index is 2.04. The third-order valence-electron chi connectivity index (χ3n) is 2.18. The van der Waals surface area contributed by atoms with Gasteiger partial charge in [0.05, 0.1) is 0 Å². The van der Waals surface area contributed by atoms with Crippen LogP contribution in [-0.4, -0.2) is 18.5 Å². The number of amides is 1. The van der Waals surface area contributed by atoms with Gasteiger partial charge in [0.1, 0.15) is 0 Å². The van der Waals surface area contributed by atoms with Gasteiger partial charge in [-0.2, -0.15) is 0 Å². The number of primary amides is 1. The summed E-state index contributed by atoms with van der Waals surface area (Å²) in [6.07, 6.45) is 2.62. The molecule has 3 nitrogen and oxygen atoms in total. The van der Waals surface area contributed by atoms with E-state index in [1.54, 1.807) is 11.3 Å². The number of hydrogen-bond acceptors (Lipinski definition) is 3. The Morgan fingerprint density at radius 3 is 3.07 bits per heavy atom. The highest BCUT2D eigenvalue weighted by atomic mass is 32.1. The molecule has 0 fully saturated rings. The highest BCUT2D eigenvalue weighted by Gasteiger charge is 2.04. The molecule has 0 bridgehead atoms. The first-order chi connectivity index (χ1) is 7.18. The zero-order valence-electron chi connectivity index (χ0n) is 9.03. The minimum absolute atomic E-state index is 0.186. The molecule has 1 atom stereocenters. The van der Waals surface area contributed by atoms with Crippen molar-refractivity contribution in [1.82, 2.24) is 5.32 Å². The van der Waals surface area contributed by atoms with E-state index in [0.717, 1.165) is 19.4 Å². The molecule has 4 heteroatoms. The van der Waals surface area contributed by atoms with E-state index in [0.29, 0.717) is 6.42 Å². The standard InChI is InChI=1S/C11H18N2OS/c1-9(8-11(12)14)13-6-2-4-10-5-3-7-15-10/h3,5,7,9,13H,2,4,6,8H2,1H3,(H2,12,14). The van der Waals surface area contributed by atoms with E-state index in [-0.39, 0.29) is 11.9 Å². The Kier molecular flexibility index (Phi) is 5.36. The molecule has 1 aromatic rings. The second-order valence-corrected chi connectivity index (χ2v) is 4.74. The van der Waals surface area contributed by atoms with Crippen molar-refractivity contribution in [3.63, 3.8) is 0 Å². The molecule has 84 valence electrons. The van der Waals surface area contributed by atoms with Gasteiger partial charge < -0.3 is 11.1 Å². The highest BCUT2D eigenvalue weighted by molar-refractivity contribution is 7.09. The fraction of sp³-hybridized carbons (Fsp3) is 0.545. The van der Waals surface area contributed by atoms with Crippen LogP contribution in [0.5, 0.6) is 0 Å². The molecule has 0 saturated heterocycles. The van der Waals surface area contributed by atoms with Crippen LogP contribution < -0.4 is 11.1 Å². The first kappa shape index (κ1) is 12.2. The van der Waals surface area contributed by atoms with Gasteiger partial charge in [-0.15, -0.1) is 11.3 Å². The van der Waals surface area contributed by atoms with Crippen LogP contribution >= 0.6 is 11.3 Å². The molecule has 0 radical (unpaired) electrons. The first-order valence-corrected chi connectivity index (χ1v) is 6.10. The van der Waals surface area contributed by atoms with E-state index >= 15 is 0 Å². The van der Waals surface area contributed by atoms with Crippen molar-refractivity contribution in [2.75, 3.05) is 6.54 Å². The molecule has 0 aliphatic heterocycles. The van der Waals surface area contributed by atoms with E-state index in [1.165, 1.54) is 4.88 Å². The largest absolute Gasteiger partial charge is 0.370 e. The molecular weight excluding hydrogens is 208 g/mol. The van der Waals surface area contributed by atoms with Crippen LogP contribution in [0.15, 0.2) is 17.5 Å². The van der Waals surface area contributed by atoms with Gasteiger partial charge in [0, 0.05) is 17.3 Å². The molecule has 1 rings (SSSR count). The maximum atomic E-state index is 10.6. The summed E-state index contributed by atoms with van der Waals surface area (Å²) in [4.78, 5) is 12.0. The molecule has 0 aliphatic rings. The molecule has 0 saturated carbocycles. The molecule has 0 spiro atoms. The van der Waals surface area contributed by atoms with Crippen LogP contribution in [-0.2, 0) is 11.2 Å². The number of carbonyl (C=O) groups is 1. The van der Waals surface area contributed by atoms with Crippen molar-refractivity contribution >= 4 is 17.2 Å². The lowest BCUT2D eigenvalue weighted by atomic mass is 10.2. The summed E-state index contributed by atoms with van der Waals surface area (Å²) in [5.41, 5.74) is 5.10. The maximum absolute atomic E-state index is 10.6. The summed E-state index contributed by atoms with van der Waals surface area (Å²) in [5.74, 6) is -0.242. The van der Waals surface area contributed by atoms with E-state index < -0.39 is 0 Å². The first-order valence-electron chi connectivity index (χ1n) is 5.22. The Hall–Kier alpha value is -0.870. The minimum Gasteiger partial charge on any atom is -0.370 e. The zero-order chi connectivity index (χ0) is 11.1. The van der Waals surface area contributed by atoms with Crippen molar-refractivity contribution in [2.24, 2.45) is 5.73 Å². The predicted octanol–water partition coefficient (Wildman–Crippen LogP) is 1.53. The fourth-order valence-electron chi connectivity index (χ4n) is 1.44. The van der Waals surface area contributed by atoms with E-state index in [9.17, 15) is 4.79 Å². The van der Waals surface area contributed by atoms with Gasteiger partial charge in [-0.1, -0.05) is 6.07 Å². The normalized spacial score (nSPS) is 12.6. The molecule has 15 heavy (non-hydrogen) atoms. The van der Waals surface area contributed by atoms with E-state index in [2.05, 4.69) is 22.8 Å². The van der Waals surface area contributed by atoms with Gasteiger partial charge in [0.15, 0.2) is 0 Å². The van der Waals surface area contributed by atoms with Crippen LogP contribution in [0.25, 0.3) is 0 Å². The van der Waals surface area contributed by atoms with Gasteiger partial charge in [-0.25, -0.2) is 0 Å². The number of aryl methyl sites for hydroxylation is 1. The Morgan fingerprint density at radius 1 is 1.67 bits per heavy atom. The third-order valence-corrected chi connectivity index (χ3v) is 3.12.